The molecule has 5 rings (SSSR count). The summed E-state index contributed by atoms with van der Waals surface area (Å²) in [4.78, 5) is 40.7. The highest BCUT2D eigenvalue weighted by Gasteiger charge is 2.27. The van der Waals surface area contributed by atoms with E-state index in [2.05, 4.69) is 30.2 Å². The summed E-state index contributed by atoms with van der Waals surface area (Å²) in [6.45, 7) is 7.54. The number of aryl methyl sites for hydroxylation is 1. The van der Waals surface area contributed by atoms with Gasteiger partial charge in [0.1, 0.15) is 11.8 Å². The summed E-state index contributed by atoms with van der Waals surface area (Å²) in [6.07, 6.45) is 7.88. The van der Waals surface area contributed by atoms with Crippen molar-refractivity contribution < 1.29 is 8.42 Å². The smallest absolute Gasteiger partial charge is 0.295 e. The highest BCUT2D eigenvalue weighted by molar-refractivity contribution is 7.91. The van der Waals surface area contributed by atoms with Crippen LogP contribution in [0.15, 0.2) is 40.5 Å². The maximum absolute atomic E-state index is 13.5. The summed E-state index contributed by atoms with van der Waals surface area (Å²) in [5.41, 5.74) is 3.75. The first-order valence-corrected chi connectivity index (χ1v) is 14.4. The zero-order chi connectivity index (χ0) is 27.0. The fraction of sp³-hybridized carbons (Fsp3) is 0.423. The predicted octanol–water partition coefficient (Wildman–Crippen LogP) is 3.60. The van der Waals surface area contributed by atoms with E-state index in [9.17, 15) is 13.2 Å². The molecule has 0 unspecified atom stereocenters. The van der Waals surface area contributed by atoms with Crippen molar-refractivity contribution in [2.24, 2.45) is 0 Å². The maximum Gasteiger partial charge on any atom is 0.295 e. The molecule has 0 radical (unpaired) electrons. The summed E-state index contributed by atoms with van der Waals surface area (Å²) >= 11 is 0. The Hall–Kier alpha value is -3.80. The Labute approximate surface area is 220 Å². The summed E-state index contributed by atoms with van der Waals surface area (Å²) in [6, 6.07) is 2.95. The van der Waals surface area contributed by atoms with Crippen LogP contribution < -0.4 is 10.9 Å². The standard InChI is InChI=1S/C26H30N8O3S/c1-5-38(36,37)19-10-9-18(27-12-19)11-28-24-26(35)34(15(2)3)25-20(32-24)13-29-23(33-25)21-16(4)30-14-31-22(21)17-7-6-8-17/h9-10,12-15,17H,5-8,11H2,1-4H3,(H,28,32). The van der Waals surface area contributed by atoms with Crippen LogP contribution >= 0.6 is 0 Å². The van der Waals surface area contributed by atoms with Gasteiger partial charge in [-0.05, 0) is 45.7 Å². The molecule has 11 nitrogen and oxygen atoms in total. The number of nitrogens with one attached hydrogen (secondary N) is 1. The number of hydrogen-bond acceptors (Lipinski definition) is 10. The van der Waals surface area contributed by atoms with Crippen molar-refractivity contribution in [1.29, 1.82) is 0 Å². The molecule has 1 N–H and O–H groups in total. The molecule has 0 saturated heterocycles. The van der Waals surface area contributed by atoms with Gasteiger partial charge in [-0.25, -0.2) is 33.3 Å². The van der Waals surface area contributed by atoms with Gasteiger partial charge >= 0.3 is 0 Å². The molecule has 1 aliphatic carbocycles. The Morgan fingerprint density at radius 2 is 1.87 bits per heavy atom. The molecule has 0 bridgehead atoms. The molecular weight excluding hydrogens is 504 g/mol. The monoisotopic (exact) mass is 534 g/mol. The molecule has 0 atom stereocenters. The van der Waals surface area contributed by atoms with Crippen LogP contribution in [0.2, 0.25) is 0 Å². The van der Waals surface area contributed by atoms with Crippen LogP contribution in [0.25, 0.3) is 22.6 Å². The van der Waals surface area contributed by atoms with Gasteiger partial charge in [-0.3, -0.25) is 14.3 Å². The second-order valence-corrected chi connectivity index (χ2v) is 12.0. The summed E-state index contributed by atoms with van der Waals surface area (Å²) < 4.78 is 25.7. The summed E-state index contributed by atoms with van der Waals surface area (Å²) in [5, 5.41) is 3.05. The average molecular weight is 535 g/mol. The number of fused-ring (bicyclic) bond motifs is 1. The third-order valence-electron chi connectivity index (χ3n) is 6.90. The van der Waals surface area contributed by atoms with Gasteiger partial charge in [0.2, 0.25) is 0 Å². The highest BCUT2D eigenvalue weighted by Crippen LogP contribution is 2.40. The minimum atomic E-state index is -3.33. The van der Waals surface area contributed by atoms with Gasteiger partial charge in [0.25, 0.3) is 5.56 Å². The second kappa shape index (κ2) is 10.2. The second-order valence-electron chi connectivity index (χ2n) is 9.72. The van der Waals surface area contributed by atoms with E-state index in [0.29, 0.717) is 28.6 Å². The molecule has 4 aromatic heterocycles. The molecular formula is C26H30N8O3S. The third kappa shape index (κ3) is 4.75. The van der Waals surface area contributed by atoms with Gasteiger partial charge in [-0.1, -0.05) is 13.3 Å². The Bertz CT molecular complexity index is 1660. The topological polar surface area (TPSA) is 146 Å². The number of nitrogens with zero attached hydrogens (tertiary/aromatic N) is 7. The van der Waals surface area contributed by atoms with Crippen molar-refractivity contribution in [3.63, 3.8) is 0 Å². The van der Waals surface area contributed by atoms with Crippen molar-refractivity contribution in [2.75, 3.05) is 11.1 Å². The van der Waals surface area contributed by atoms with Crippen molar-refractivity contribution >= 4 is 26.8 Å². The predicted molar refractivity (Wildman–Crippen MR) is 144 cm³/mol. The molecule has 0 spiro atoms. The normalized spacial score (nSPS) is 14.1. The lowest BCUT2D eigenvalue weighted by Gasteiger charge is -2.26. The SMILES string of the molecule is CCS(=O)(=O)c1ccc(CNc2nc3cnc(-c4c(C)ncnc4C4CCC4)nc3n(C(C)C)c2=O)nc1. The van der Waals surface area contributed by atoms with E-state index in [0.717, 1.165) is 29.8 Å². The number of aromatic nitrogens is 7. The number of anilines is 1. The number of pyridine rings is 1. The van der Waals surface area contributed by atoms with E-state index in [-0.39, 0.29) is 34.6 Å². The fourth-order valence-corrected chi connectivity index (χ4v) is 5.34. The molecule has 198 valence electrons. The minimum absolute atomic E-state index is 0.00454. The van der Waals surface area contributed by atoms with Crippen LogP contribution in [0.4, 0.5) is 5.82 Å². The minimum Gasteiger partial charge on any atom is -0.360 e. The van der Waals surface area contributed by atoms with Crippen LogP contribution in [0.5, 0.6) is 0 Å². The lowest BCUT2D eigenvalue weighted by molar-refractivity contribution is 0.411. The largest absolute Gasteiger partial charge is 0.360 e. The number of hydrogen-bond donors (Lipinski definition) is 1. The average Bonchev–Trinajstić information content (AvgIpc) is 2.86. The van der Waals surface area contributed by atoms with Crippen molar-refractivity contribution in [3.8, 4) is 11.4 Å². The van der Waals surface area contributed by atoms with Crippen LogP contribution in [-0.2, 0) is 16.4 Å². The van der Waals surface area contributed by atoms with Gasteiger partial charge in [0.05, 0.1) is 46.0 Å². The Kier molecular flexibility index (Phi) is 6.91. The zero-order valence-electron chi connectivity index (χ0n) is 21.8. The van der Waals surface area contributed by atoms with E-state index in [1.165, 1.54) is 18.7 Å². The summed E-state index contributed by atoms with van der Waals surface area (Å²) in [7, 11) is -3.33. The molecule has 4 aromatic rings. The summed E-state index contributed by atoms with van der Waals surface area (Å²) in [5.74, 6) is 1.00. The molecule has 0 aromatic carbocycles. The van der Waals surface area contributed by atoms with Gasteiger partial charge in [-0.15, -0.1) is 0 Å². The first-order chi connectivity index (χ1) is 18.2. The van der Waals surface area contributed by atoms with Crippen LogP contribution in [0.1, 0.15) is 69.1 Å². The lowest BCUT2D eigenvalue weighted by Crippen LogP contribution is -2.27. The number of sulfone groups is 1. The highest BCUT2D eigenvalue weighted by atomic mass is 32.2. The van der Waals surface area contributed by atoms with E-state index in [4.69, 9.17) is 4.98 Å². The Balaban J connectivity index is 1.51. The van der Waals surface area contributed by atoms with E-state index >= 15 is 0 Å². The first-order valence-electron chi connectivity index (χ1n) is 12.7. The molecule has 12 heteroatoms. The quantitative estimate of drug-likeness (QED) is 0.356. The number of rotatable bonds is 8. The molecule has 38 heavy (non-hydrogen) atoms. The molecule has 0 aliphatic heterocycles. The van der Waals surface area contributed by atoms with Crippen LogP contribution in [0.3, 0.4) is 0 Å². The Morgan fingerprint density at radius 3 is 2.50 bits per heavy atom. The van der Waals surface area contributed by atoms with Gasteiger partial charge in [0.15, 0.2) is 27.1 Å². The Morgan fingerprint density at radius 1 is 1.08 bits per heavy atom. The third-order valence-corrected chi connectivity index (χ3v) is 8.62. The molecule has 1 fully saturated rings. The lowest BCUT2D eigenvalue weighted by atomic mass is 9.80. The van der Waals surface area contributed by atoms with Crippen molar-refractivity contribution in [1.82, 2.24) is 34.5 Å². The van der Waals surface area contributed by atoms with E-state index in [1.54, 1.807) is 30.1 Å². The molecule has 1 saturated carbocycles. The molecule has 1 aliphatic rings. The van der Waals surface area contributed by atoms with Gasteiger partial charge in [-0.2, -0.15) is 0 Å². The van der Waals surface area contributed by atoms with E-state index < -0.39 is 9.84 Å². The fourth-order valence-electron chi connectivity index (χ4n) is 4.52. The van der Waals surface area contributed by atoms with Crippen LogP contribution in [-0.4, -0.2) is 48.6 Å². The molecule has 0 amide bonds. The zero-order valence-corrected chi connectivity index (χ0v) is 22.7. The van der Waals surface area contributed by atoms with Gasteiger partial charge < -0.3 is 5.32 Å². The van der Waals surface area contributed by atoms with Crippen molar-refractivity contribution in [2.45, 2.75) is 70.4 Å². The first kappa shape index (κ1) is 25.8. The van der Waals surface area contributed by atoms with Crippen molar-refractivity contribution in [3.05, 3.63) is 58.3 Å². The maximum atomic E-state index is 13.5. The van der Waals surface area contributed by atoms with E-state index in [1.807, 2.05) is 20.8 Å². The van der Waals surface area contributed by atoms with Crippen LogP contribution in [0, 0.1) is 6.92 Å². The van der Waals surface area contributed by atoms with Gasteiger partial charge in [0, 0.05) is 18.2 Å². The molecule has 4 heterocycles.